The van der Waals surface area contributed by atoms with Crippen LogP contribution in [0.3, 0.4) is 0 Å². The van der Waals surface area contributed by atoms with Crippen LogP contribution in [0.15, 0.2) is 6.07 Å². The van der Waals surface area contributed by atoms with Crippen LogP contribution < -0.4 is 5.32 Å². The van der Waals surface area contributed by atoms with Crippen LogP contribution in [0.5, 0.6) is 0 Å². The average molecular weight is 291 g/mol. The van der Waals surface area contributed by atoms with Crippen LogP contribution in [0.1, 0.15) is 48.0 Å². The number of rotatable bonds is 2. The molecule has 0 saturated heterocycles. The number of carbonyl (C=O) groups is 1. The van der Waals surface area contributed by atoms with Crippen molar-refractivity contribution in [3.63, 3.8) is 0 Å². The minimum absolute atomic E-state index is 0.0735. The Morgan fingerprint density at radius 3 is 2.90 bits per heavy atom. The Morgan fingerprint density at radius 1 is 1.45 bits per heavy atom. The van der Waals surface area contributed by atoms with E-state index in [1.165, 1.54) is 30.6 Å². The van der Waals surface area contributed by atoms with Crippen molar-refractivity contribution >= 4 is 27.5 Å². The zero-order valence-corrected chi connectivity index (χ0v) is 13.1. The maximum atomic E-state index is 12.4. The molecular weight excluding hydrogens is 270 g/mol. The molecule has 3 rings (SSSR count). The van der Waals surface area contributed by atoms with E-state index in [0.29, 0.717) is 12.0 Å². The summed E-state index contributed by atoms with van der Waals surface area (Å²) < 4.78 is 1.86. The summed E-state index contributed by atoms with van der Waals surface area (Å²) in [6.45, 7) is 4.23. The fourth-order valence-corrected chi connectivity index (χ4v) is 4.11. The summed E-state index contributed by atoms with van der Waals surface area (Å²) in [4.78, 5) is 14.3. The van der Waals surface area contributed by atoms with E-state index in [1.807, 2.05) is 24.7 Å². The van der Waals surface area contributed by atoms with Crippen LogP contribution in [0.2, 0.25) is 0 Å². The molecule has 108 valence electrons. The maximum Gasteiger partial charge on any atom is 0.261 e. The molecule has 0 aliphatic heterocycles. The Morgan fingerprint density at radius 2 is 2.20 bits per heavy atom. The van der Waals surface area contributed by atoms with E-state index in [2.05, 4.69) is 17.3 Å². The average Bonchev–Trinajstić information content (AvgIpc) is 2.95. The molecule has 1 saturated carbocycles. The molecule has 1 N–H and O–H groups in total. The molecule has 2 heterocycles. The summed E-state index contributed by atoms with van der Waals surface area (Å²) in [5.41, 5.74) is 0.990. The van der Waals surface area contributed by atoms with Gasteiger partial charge < -0.3 is 5.32 Å². The predicted molar refractivity (Wildman–Crippen MR) is 82.2 cm³/mol. The van der Waals surface area contributed by atoms with Crippen LogP contribution in [0.4, 0.5) is 0 Å². The quantitative estimate of drug-likeness (QED) is 0.923. The van der Waals surface area contributed by atoms with Gasteiger partial charge in [-0.3, -0.25) is 9.48 Å². The van der Waals surface area contributed by atoms with Gasteiger partial charge in [-0.25, -0.2) is 0 Å². The van der Waals surface area contributed by atoms with Crippen molar-refractivity contribution < 1.29 is 4.79 Å². The lowest BCUT2D eigenvalue weighted by Crippen LogP contribution is -2.40. The Bertz CT molecular complexity index is 608. The molecule has 0 bridgehead atoms. The summed E-state index contributed by atoms with van der Waals surface area (Å²) in [7, 11) is 1.93. The van der Waals surface area contributed by atoms with E-state index in [1.54, 1.807) is 0 Å². The van der Waals surface area contributed by atoms with Gasteiger partial charge >= 0.3 is 0 Å². The second-order valence-corrected chi connectivity index (χ2v) is 6.91. The fraction of sp³-hybridized carbons (Fsp3) is 0.600. The van der Waals surface area contributed by atoms with E-state index >= 15 is 0 Å². The second kappa shape index (κ2) is 5.20. The Hall–Kier alpha value is -1.36. The fourth-order valence-electron chi connectivity index (χ4n) is 3.09. The highest BCUT2D eigenvalue weighted by Gasteiger charge is 2.24. The highest BCUT2D eigenvalue weighted by molar-refractivity contribution is 7.20. The van der Waals surface area contributed by atoms with Crippen molar-refractivity contribution in [1.29, 1.82) is 0 Å². The molecule has 0 aromatic carbocycles. The first-order chi connectivity index (χ1) is 9.56. The first kappa shape index (κ1) is 13.6. The maximum absolute atomic E-state index is 12.4. The smallest absolute Gasteiger partial charge is 0.261 e. The van der Waals surface area contributed by atoms with E-state index in [-0.39, 0.29) is 5.91 Å². The minimum atomic E-state index is 0.0735. The van der Waals surface area contributed by atoms with Gasteiger partial charge in [-0.1, -0.05) is 19.8 Å². The molecule has 20 heavy (non-hydrogen) atoms. The largest absolute Gasteiger partial charge is 0.348 e. The van der Waals surface area contributed by atoms with Crippen molar-refractivity contribution in [1.82, 2.24) is 15.1 Å². The highest BCUT2D eigenvalue weighted by atomic mass is 32.1. The van der Waals surface area contributed by atoms with Gasteiger partial charge in [-0.2, -0.15) is 5.10 Å². The first-order valence-corrected chi connectivity index (χ1v) is 8.12. The molecule has 0 spiro atoms. The molecule has 1 aliphatic carbocycles. The normalized spacial score (nSPS) is 23.1. The number of amides is 1. The number of hydrogen-bond donors (Lipinski definition) is 1. The Labute approximate surface area is 123 Å². The highest BCUT2D eigenvalue weighted by Crippen LogP contribution is 2.29. The second-order valence-electron chi connectivity index (χ2n) is 5.88. The lowest BCUT2D eigenvalue weighted by Gasteiger charge is -2.29. The van der Waals surface area contributed by atoms with Gasteiger partial charge in [0, 0.05) is 18.5 Å². The minimum Gasteiger partial charge on any atom is -0.348 e. The summed E-state index contributed by atoms with van der Waals surface area (Å²) in [6.07, 6.45) is 4.85. The predicted octanol–water partition coefficient (Wildman–Crippen LogP) is 3.25. The monoisotopic (exact) mass is 291 g/mol. The van der Waals surface area contributed by atoms with E-state index < -0.39 is 0 Å². The van der Waals surface area contributed by atoms with Gasteiger partial charge in [-0.15, -0.1) is 11.3 Å². The van der Waals surface area contributed by atoms with Crippen LogP contribution >= 0.6 is 11.3 Å². The van der Waals surface area contributed by atoms with Crippen molar-refractivity contribution in [3.8, 4) is 0 Å². The van der Waals surface area contributed by atoms with Crippen LogP contribution in [0, 0.1) is 12.8 Å². The number of thiophene rings is 1. The zero-order valence-electron chi connectivity index (χ0n) is 12.3. The third-order valence-electron chi connectivity index (χ3n) is 4.35. The van der Waals surface area contributed by atoms with Crippen LogP contribution in [-0.2, 0) is 7.05 Å². The lowest BCUT2D eigenvalue weighted by molar-refractivity contribution is 0.0914. The van der Waals surface area contributed by atoms with Gasteiger partial charge in [0.1, 0.15) is 4.83 Å². The molecular formula is C15H21N3OS. The number of aromatic nitrogens is 2. The number of fused-ring (bicyclic) bond motifs is 1. The van der Waals surface area contributed by atoms with E-state index in [9.17, 15) is 4.79 Å². The molecule has 5 heteroatoms. The SMILES string of the molecule is Cc1nn(C)c2sc(C(=O)NC3CCCCC3C)cc12. The molecule has 2 unspecified atom stereocenters. The topological polar surface area (TPSA) is 46.9 Å². The van der Waals surface area contributed by atoms with Crippen molar-refractivity contribution in [2.75, 3.05) is 0 Å². The summed E-state index contributed by atoms with van der Waals surface area (Å²) in [6, 6.07) is 2.31. The molecule has 4 nitrogen and oxygen atoms in total. The molecule has 1 aliphatic rings. The van der Waals surface area contributed by atoms with Crippen molar-refractivity contribution in [3.05, 3.63) is 16.6 Å². The molecule has 0 radical (unpaired) electrons. The summed E-state index contributed by atoms with van der Waals surface area (Å²) in [5.74, 6) is 0.662. The van der Waals surface area contributed by atoms with Gasteiger partial charge in [0.25, 0.3) is 5.91 Å². The lowest BCUT2D eigenvalue weighted by atomic mass is 9.86. The third kappa shape index (κ3) is 2.35. The van der Waals surface area contributed by atoms with Crippen LogP contribution in [-0.4, -0.2) is 21.7 Å². The third-order valence-corrected chi connectivity index (χ3v) is 5.55. The van der Waals surface area contributed by atoms with E-state index in [4.69, 9.17) is 0 Å². The van der Waals surface area contributed by atoms with Crippen LogP contribution in [0.25, 0.3) is 10.2 Å². The van der Waals surface area contributed by atoms with Crippen molar-refractivity contribution in [2.24, 2.45) is 13.0 Å². The number of hydrogen-bond acceptors (Lipinski definition) is 3. The summed E-state index contributed by atoms with van der Waals surface area (Å²) >= 11 is 1.53. The summed E-state index contributed by atoms with van der Waals surface area (Å²) in [5, 5.41) is 8.69. The van der Waals surface area contributed by atoms with Gasteiger partial charge in [0.15, 0.2) is 0 Å². The molecule has 2 aromatic heterocycles. The number of nitrogens with one attached hydrogen (secondary N) is 1. The number of aryl methyl sites for hydroxylation is 2. The van der Waals surface area contributed by atoms with Crippen molar-refractivity contribution in [2.45, 2.75) is 45.6 Å². The standard InChI is InChI=1S/C15H21N3OS/c1-9-6-4-5-7-12(9)16-14(19)13-8-11-10(2)17-18(3)15(11)20-13/h8-9,12H,4-7H2,1-3H3,(H,16,19). The molecule has 1 fully saturated rings. The zero-order chi connectivity index (χ0) is 14.3. The Balaban J connectivity index is 1.80. The van der Waals surface area contributed by atoms with E-state index in [0.717, 1.165) is 27.2 Å². The molecule has 2 atom stereocenters. The first-order valence-electron chi connectivity index (χ1n) is 7.30. The van der Waals surface area contributed by atoms with Gasteiger partial charge in [0.2, 0.25) is 0 Å². The van der Waals surface area contributed by atoms with Gasteiger partial charge in [0.05, 0.1) is 10.6 Å². The number of carbonyl (C=O) groups excluding carboxylic acids is 1. The molecule has 2 aromatic rings. The molecule has 1 amide bonds. The number of nitrogens with zero attached hydrogens (tertiary/aromatic N) is 2. The van der Waals surface area contributed by atoms with Gasteiger partial charge in [-0.05, 0) is 31.7 Å². The Kier molecular flexibility index (Phi) is 3.54.